The number of aromatic nitrogens is 1. The van der Waals surface area contributed by atoms with E-state index in [2.05, 4.69) is 23.1 Å². The van der Waals surface area contributed by atoms with Crippen molar-refractivity contribution in [3.63, 3.8) is 0 Å². The Labute approximate surface area is 169 Å². The van der Waals surface area contributed by atoms with Crippen LogP contribution in [0, 0.1) is 6.85 Å². The van der Waals surface area contributed by atoms with Gasteiger partial charge in [-0.1, -0.05) is 48.5 Å². The molecular weight excluding hydrogens is 343 g/mol. The van der Waals surface area contributed by atoms with E-state index in [-0.39, 0.29) is 6.85 Å². The molecule has 2 aromatic carbocycles. The SMILES string of the molecule is [2H]C([2H])([2H])c1c[n+](C)c(B2C=c3oc4ccccc4c3=CN2C)cc1-c1ccccc1. The first-order valence-electron chi connectivity index (χ1n) is 10.9. The van der Waals surface area contributed by atoms with Crippen LogP contribution < -0.4 is 20.8 Å². The quantitative estimate of drug-likeness (QED) is 0.399. The number of pyridine rings is 1. The molecule has 3 nitrogen and oxygen atoms in total. The van der Waals surface area contributed by atoms with Crippen LogP contribution in [0.3, 0.4) is 0 Å². The predicted octanol–water partition coefficient (Wildman–Crippen LogP) is 2.13. The van der Waals surface area contributed by atoms with E-state index in [4.69, 9.17) is 8.53 Å². The summed E-state index contributed by atoms with van der Waals surface area (Å²) in [5, 5.41) is 2.16. The highest BCUT2D eigenvalue weighted by molar-refractivity contribution is 6.82. The molecule has 0 amide bonds. The van der Waals surface area contributed by atoms with Crippen LogP contribution in [0.25, 0.3) is 34.3 Å². The number of aryl methyl sites for hydroxylation is 2. The molecule has 136 valence electrons. The van der Waals surface area contributed by atoms with E-state index in [9.17, 15) is 0 Å². The van der Waals surface area contributed by atoms with Gasteiger partial charge in [-0.05, 0) is 43.3 Å². The smallest absolute Gasteiger partial charge is 0.399 e. The molecule has 3 heterocycles. The fourth-order valence-electron chi connectivity index (χ4n) is 4.00. The molecule has 0 unspecified atom stereocenters. The number of hydrogen-bond donors (Lipinski definition) is 0. The van der Waals surface area contributed by atoms with Crippen LogP contribution in [-0.2, 0) is 7.05 Å². The summed E-state index contributed by atoms with van der Waals surface area (Å²) in [4.78, 5) is 2.14. The van der Waals surface area contributed by atoms with E-state index < -0.39 is 6.85 Å². The molecule has 0 N–H and O–H groups in total. The summed E-state index contributed by atoms with van der Waals surface area (Å²) in [5.41, 5.74) is 4.65. The lowest BCUT2D eigenvalue weighted by atomic mass is 9.55. The fourth-order valence-corrected chi connectivity index (χ4v) is 4.00. The summed E-state index contributed by atoms with van der Waals surface area (Å²) in [6.45, 7) is -2.30. The van der Waals surface area contributed by atoms with E-state index in [1.54, 1.807) is 6.20 Å². The molecule has 4 heteroatoms. The van der Waals surface area contributed by atoms with E-state index >= 15 is 0 Å². The topological polar surface area (TPSA) is 20.3 Å². The number of furan rings is 1. The third kappa shape index (κ3) is 2.64. The maximum atomic E-state index is 8.05. The van der Waals surface area contributed by atoms with Gasteiger partial charge in [-0.3, -0.25) is 0 Å². The highest BCUT2D eigenvalue weighted by atomic mass is 16.3. The first-order chi connectivity index (χ1) is 14.8. The second-order valence-corrected chi connectivity index (χ2v) is 7.28. The molecule has 1 aliphatic heterocycles. The van der Waals surface area contributed by atoms with Gasteiger partial charge in [0, 0.05) is 26.3 Å². The minimum atomic E-state index is -2.21. The number of benzene rings is 2. The Morgan fingerprint density at radius 3 is 2.68 bits per heavy atom. The second kappa shape index (κ2) is 6.41. The van der Waals surface area contributed by atoms with Crippen molar-refractivity contribution < 1.29 is 13.1 Å². The van der Waals surface area contributed by atoms with Crippen LogP contribution in [0.1, 0.15) is 9.68 Å². The van der Waals surface area contributed by atoms with Crippen molar-refractivity contribution in [1.29, 1.82) is 0 Å². The summed E-state index contributed by atoms with van der Waals surface area (Å²) in [6, 6.07) is 19.7. The largest absolute Gasteiger partial charge is 0.457 e. The van der Waals surface area contributed by atoms with Gasteiger partial charge >= 0.3 is 6.85 Å². The zero-order valence-corrected chi connectivity index (χ0v) is 15.9. The number of rotatable bonds is 2. The maximum absolute atomic E-state index is 8.05. The monoisotopic (exact) mass is 368 g/mol. The number of hydrogen-bond acceptors (Lipinski definition) is 2. The first kappa shape index (κ1) is 13.8. The number of fused-ring (bicyclic) bond motifs is 3. The molecule has 0 fully saturated rings. The molecule has 28 heavy (non-hydrogen) atoms. The normalized spacial score (nSPS) is 15.3. The van der Waals surface area contributed by atoms with Crippen molar-refractivity contribution in [1.82, 2.24) is 4.81 Å². The molecule has 2 aromatic heterocycles. The maximum Gasteiger partial charge on any atom is 0.399 e. The standard InChI is InChI=1S/C24H22BN2O/c1-17-15-26(2)24(13-20(17)18-9-5-4-6-10-18)25-14-23-21(16-27(25)3)19-11-7-8-12-22(19)28-23/h4-16H,1-3H3/q+1/i1D3. The third-order valence-corrected chi connectivity index (χ3v) is 5.44. The number of para-hydroxylation sites is 1. The molecule has 0 radical (unpaired) electrons. The lowest BCUT2D eigenvalue weighted by Crippen LogP contribution is -2.61. The highest BCUT2D eigenvalue weighted by Crippen LogP contribution is 2.21. The average Bonchev–Trinajstić information content (AvgIpc) is 3.10. The van der Waals surface area contributed by atoms with Crippen LogP contribution >= 0.6 is 0 Å². The van der Waals surface area contributed by atoms with Crippen LogP contribution in [0.4, 0.5) is 0 Å². The molecule has 4 aromatic rings. The van der Waals surface area contributed by atoms with Crippen molar-refractivity contribution in [3.05, 3.63) is 83.1 Å². The molecule has 0 spiro atoms. The molecule has 5 rings (SSSR count). The van der Waals surface area contributed by atoms with Crippen LogP contribution in [0.5, 0.6) is 0 Å². The summed E-state index contributed by atoms with van der Waals surface area (Å²) in [6.07, 6.45) is 3.84. The predicted molar refractivity (Wildman–Crippen MR) is 115 cm³/mol. The number of nitrogens with zero attached hydrogens (tertiary/aromatic N) is 2. The Morgan fingerprint density at radius 2 is 1.86 bits per heavy atom. The molecule has 0 atom stereocenters. The van der Waals surface area contributed by atoms with E-state index in [1.807, 2.05) is 73.3 Å². The Hall–Kier alpha value is -3.27. The minimum Gasteiger partial charge on any atom is -0.457 e. The highest BCUT2D eigenvalue weighted by Gasteiger charge is 2.31. The Bertz CT molecular complexity index is 1410. The van der Waals surface area contributed by atoms with Gasteiger partial charge in [0.2, 0.25) is 0 Å². The average molecular weight is 368 g/mol. The van der Waals surface area contributed by atoms with Crippen LogP contribution in [0.2, 0.25) is 0 Å². The molecule has 0 bridgehead atoms. The van der Waals surface area contributed by atoms with Crippen LogP contribution in [-0.4, -0.2) is 18.7 Å². The molecule has 1 aliphatic rings. The van der Waals surface area contributed by atoms with Gasteiger partial charge in [-0.2, -0.15) is 0 Å². The second-order valence-electron chi connectivity index (χ2n) is 7.28. The van der Waals surface area contributed by atoms with Crippen LogP contribution in [0.15, 0.2) is 71.3 Å². The zero-order valence-electron chi connectivity index (χ0n) is 18.9. The summed E-state index contributed by atoms with van der Waals surface area (Å²) in [7, 11) is 3.93. The van der Waals surface area contributed by atoms with Gasteiger partial charge in [-0.15, -0.1) is 0 Å². The lowest BCUT2D eigenvalue weighted by Gasteiger charge is -2.21. The van der Waals surface area contributed by atoms with E-state index in [0.29, 0.717) is 5.56 Å². The van der Waals surface area contributed by atoms with E-state index in [0.717, 1.165) is 38.3 Å². The van der Waals surface area contributed by atoms with Crippen molar-refractivity contribution in [3.8, 4) is 11.1 Å². The lowest BCUT2D eigenvalue weighted by molar-refractivity contribution is -0.654. The zero-order chi connectivity index (χ0) is 21.8. The summed E-state index contributed by atoms with van der Waals surface area (Å²) >= 11 is 0. The van der Waals surface area contributed by atoms with Gasteiger partial charge in [0.05, 0.1) is 0 Å². The molecular formula is C24H22BN2O+. The van der Waals surface area contributed by atoms with Crippen molar-refractivity contribution in [2.24, 2.45) is 7.05 Å². The van der Waals surface area contributed by atoms with Crippen molar-refractivity contribution >= 4 is 35.6 Å². The van der Waals surface area contributed by atoms with Gasteiger partial charge in [0.15, 0.2) is 11.8 Å². The third-order valence-electron chi connectivity index (χ3n) is 5.44. The van der Waals surface area contributed by atoms with Gasteiger partial charge in [-0.25, -0.2) is 4.57 Å². The molecule has 0 saturated heterocycles. The Morgan fingerprint density at radius 1 is 1.07 bits per heavy atom. The minimum absolute atomic E-state index is 0.0915. The van der Waals surface area contributed by atoms with Crippen molar-refractivity contribution in [2.45, 2.75) is 6.85 Å². The van der Waals surface area contributed by atoms with Crippen molar-refractivity contribution in [2.75, 3.05) is 7.05 Å². The summed E-state index contributed by atoms with van der Waals surface area (Å²) < 4.78 is 32.2. The Kier molecular flexibility index (Phi) is 3.17. The fraction of sp³-hybridized carbons (Fsp3) is 0.125. The molecule has 0 aliphatic carbocycles. The van der Waals surface area contributed by atoms with Gasteiger partial charge in [0.25, 0.3) is 0 Å². The molecule has 0 saturated carbocycles. The Balaban J connectivity index is 1.72. The van der Waals surface area contributed by atoms with Gasteiger partial charge in [0.1, 0.15) is 18.0 Å². The van der Waals surface area contributed by atoms with Gasteiger partial charge < -0.3 is 9.23 Å². The summed E-state index contributed by atoms with van der Waals surface area (Å²) in [5.74, 6) is 2.11. The first-order valence-corrected chi connectivity index (χ1v) is 9.35. The van der Waals surface area contributed by atoms with E-state index in [1.165, 1.54) is 0 Å².